The third-order valence-corrected chi connectivity index (χ3v) is 19.4. The van der Waals surface area contributed by atoms with Crippen LogP contribution in [0.4, 0.5) is 0 Å². The van der Waals surface area contributed by atoms with Crippen LogP contribution in [0.5, 0.6) is 0 Å². The highest BCUT2D eigenvalue weighted by Crippen LogP contribution is 2.39. The van der Waals surface area contributed by atoms with Gasteiger partial charge in [-0.25, -0.2) is 4.79 Å². The molecule has 0 saturated carbocycles. The lowest BCUT2D eigenvalue weighted by atomic mass is 9.88. The zero-order chi connectivity index (χ0) is 71.1. The summed E-state index contributed by atoms with van der Waals surface area (Å²) in [5.74, 6) is -6.14. The molecule has 0 spiro atoms. The van der Waals surface area contributed by atoms with Crippen LogP contribution < -0.4 is 10.6 Å². The number of unbranched alkanes of at least 4 members (excludes halogenated alkanes) is 37. The van der Waals surface area contributed by atoms with Gasteiger partial charge < -0.3 is 100 Å². The van der Waals surface area contributed by atoms with Gasteiger partial charge in [0.25, 0.3) is 5.79 Å². The Hall–Kier alpha value is -2.79. The molecule has 0 aliphatic carbocycles. The molecule has 0 aromatic heterocycles. The van der Waals surface area contributed by atoms with Gasteiger partial charge in [-0.1, -0.05) is 250 Å². The number of nitrogens with one attached hydrogen (secondary N) is 2. The second-order valence-corrected chi connectivity index (χ2v) is 27.9. The maximum absolute atomic E-state index is 13.5. The van der Waals surface area contributed by atoms with Gasteiger partial charge in [-0.3, -0.25) is 9.59 Å². The number of allylic oxidation sites excluding steroid dienone is 3. The van der Waals surface area contributed by atoms with Crippen molar-refractivity contribution in [2.75, 3.05) is 26.4 Å². The Morgan fingerprint density at radius 3 is 1.40 bits per heavy atom. The molecule has 3 saturated heterocycles. The average molecular weight is 1390 g/mol. The zero-order valence-electron chi connectivity index (χ0n) is 59.7. The predicted octanol–water partition coefficient (Wildman–Crippen LogP) is 8.79. The van der Waals surface area contributed by atoms with Crippen LogP contribution in [0, 0.1) is 0 Å². The second-order valence-electron chi connectivity index (χ2n) is 27.9. The SMILES string of the molecule is CCCCCCCCCCC/C=C\CCCCCCCCCC(=O)NC(COC1OC(CO)C(OC2OC(CO)C(O)C(OC3(C(=O)O)CC(O)C(NC(C)=O)C(C(O)C(O)CO)O3)C2O)C(O)C1O)C(O)/C=C/CCCCCCCCCCCCCCCCCCCCCCC. The number of ether oxygens (including phenoxy) is 6. The van der Waals surface area contributed by atoms with Crippen LogP contribution in [0.15, 0.2) is 24.3 Å². The van der Waals surface area contributed by atoms with Crippen molar-refractivity contribution in [1.82, 2.24) is 10.6 Å². The fraction of sp³-hybridized carbons (Fsp3) is 0.905. The first kappa shape index (κ1) is 88.4. The fourth-order valence-electron chi connectivity index (χ4n) is 13.3. The van der Waals surface area contributed by atoms with Crippen molar-refractivity contribution >= 4 is 17.8 Å². The minimum atomic E-state index is -3.08. The van der Waals surface area contributed by atoms with Crippen LogP contribution >= 0.6 is 0 Å². The van der Waals surface area contributed by atoms with Crippen molar-refractivity contribution in [3.8, 4) is 0 Å². The lowest BCUT2D eigenvalue weighted by Gasteiger charge is -2.50. The number of amides is 2. The normalized spacial score (nSPS) is 27.5. The van der Waals surface area contributed by atoms with Gasteiger partial charge in [0.1, 0.15) is 67.1 Å². The quantitative estimate of drug-likeness (QED) is 0.0200. The Labute approximate surface area is 581 Å². The minimum Gasteiger partial charge on any atom is -0.477 e. The molecule has 0 aromatic carbocycles. The molecule has 3 aliphatic heterocycles. The van der Waals surface area contributed by atoms with Gasteiger partial charge in [0.05, 0.1) is 50.7 Å². The highest BCUT2D eigenvalue weighted by molar-refractivity contribution is 5.77. The summed E-state index contributed by atoms with van der Waals surface area (Å²) in [6.07, 6.45) is 27.8. The molecule has 0 aromatic rings. The summed E-state index contributed by atoms with van der Waals surface area (Å²) in [5, 5.41) is 136. The largest absolute Gasteiger partial charge is 0.477 e. The number of aliphatic hydroxyl groups excluding tert-OH is 11. The lowest BCUT2D eigenvalue weighted by molar-refractivity contribution is -0.386. The molecule has 2 amide bonds. The van der Waals surface area contributed by atoms with E-state index in [1.54, 1.807) is 6.08 Å². The molecule has 97 heavy (non-hydrogen) atoms. The molecule has 18 atom stereocenters. The predicted molar refractivity (Wildman–Crippen MR) is 371 cm³/mol. The summed E-state index contributed by atoms with van der Waals surface area (Å²) in [5.41, 5.74) is 0. The van der Waals surface area contributed by atoms with E-state index in [4.69, 9.17) is 28.4 Å². The number of carbonyl (C=O) groups excluding carboxylic acids is 2. The number of carboxylic acid groups (broad SMARTS) is 1. The van der Waals surface area contributed by atoms with E-state index in [9.17, 15) is 75.7 Å². The molecule has 14 N–H and O–H groups in total. The summed E-state index contributed by atoms with van der Waals surface area (Å²) < 4.78 is 34.9. The topological polar surface area (TPSA) is 373 Å². The standard InChI is InChI=1S/C74H136N2O21/c1-4-6-8-10-12-14-16-18-20-22-24-26-27-28-29-31-33-35-37-39-41-43-45-47-56(81)55(76-61(84)48-46-44-42-40-38-36-34-32-30-25-23-21-19-17-15-13-11-9-7-5-2)53-92-71-66(88)65(87)68(60(52-79)94-71)95-72-67(89)70(64(86)59(51-78)93-72)97-74(73(90)91)49-57(82)62(75-54(3)80)69(96-74)63(85)58(83)50-77/h25,30,45,47,55-60,62-72,77-79,81-83,85-89H,4-24,26-29,31-44,46,48-53H2,1-3H3,(H,75,80)(H,76,84)(H,90,91)/b30-25-,47-45+. The van der Waals surface area contributed by atoms with E-state index in [-0.39, 0.29) is 12.3 Å². The fourth-order valence-corrected chi connectivity index (χ4v) is 13.3. The monoisotopic (exact) mass is 1390 g/mol. The van der Waals surface area contributed by atoms with E-state index >= 15 is 0 Å². The summed E-state index contributed by atoms with van der Waals surface area (Å²) in [4.78, 5) is 38.6. The molecule has 0 radical (unpaired) electrons. The van der Waals surface area contributed by atoms with Crippen LogP contribution in [-0.2, 0) is 42.8 Å². The molecule has 3 heterocycles. The van der Waals surface area contributed by atoms with Crippen LogP contribution in [0.1, 0.15) is 290 Å². The highest BCUT2D eigenvalue weighted by atomic mass is 16.8. The molecule has 3 rings (SSSR count). The van der Waals surface area contributed by atoms with Crippen molar-refractivity contribution in [3.05, 3.63) is 24.3 Å². The van der Waals surface area contributed by atoms with E-state index in [2.05, 4.69) is 36.6 Å². The molecular weight excluding hydrogens is 1250 g/mol. The Balaban J connectivity index is 1.56. The highest BCUT2D eigenvalue weighted by Gasteiger charge is 2.60. The van der Waals surface area contributed by atoms with Gasteiger partial charge >= 0.3 is 5.97 Å². The van der Waals surface area contributed by atoms with Gasteiger partial charge in [0.15, 0.2) is 12.6 Å². The summed E-state index contributed by atoms with van der Waals surface area (Å²) >= 11 is 0. The van der Waals surface area contributed by atoms with Gasteiger partial charge in [-0.15, -0.1) is 0 Å². The molecule has 18 unspecified atom stereocenters. The van der Waals surface area contributed by atoms with Crippen LogP contribution in [-0.4, -0.2) is 215 Å². The van der Waals surface area contributed by atoms with Crippen molar-refractivity contribution in [2.24, 2.45) is 0 Å². The first-order valence-corrected chi connectivity index (χ1v) is 38.2. The third-order valence-electron chi connectivity index (χ3n) is 19.4. The van der Waals surface area contributed by atoms with Crippen molar-refractivity contribution in [3.63, 3.8) is 0 Å². The van der Waals surface area contributed by atoms with Crippen molar-refractivity contribution in [2.45, 2.75) is 400 Å². The molecule has 3 aliphatic rings. The van der Waals surface area contributed by atoms with Gasteiger partial charge in [-0.2, -0.15) is 0 Å². The van der Waals surface area contributed by atoms with E-state index in [0.29, 0.717) is 12.8 Å². The Bertz CT molecular complexity index is 2040. The minimum absolute atomic E-state index is 0.196. The van der Waals surface area contributed by atoms with Crippen molar-refractivity contribution < 1.29 is 104 Å². The second kappa shape index (κ2) is 53.9. The lowest BCUT2D eigenvalue weighted by Crippen LogP contribution is -2.70. The first-order chi connectivity index (χ1) is 46.9. The zero-order valence-corrected chi connectivity index (χ0v) is 59.7. The van der Waals surface area contributed by atoms with E-state index in [1.165, 1.54) is 173 Å². The number of rotatable bonds is 59. The number of hydrogen-bond donors (Lipinski definition) is 14. The van der Waals surface area contributed by atoms with Gasteiger partial charge in [-0.05, 0) is 44.9 Å². The van der Waals surface area contributed by atoms with Crippen LogP contribution in [0.25, 0.3) is 0 Å². The summed E-state index contributed by atoms with van der Waals surface area (Å²) in [7, 11) is 0. The molecule has 23 heteroatoms. The first-order valence-electron chi connectivity index (χ1n) is 38.2. The number of carboxylic acids is 1. The third kappa shape index (κ3) is 35.3. The molecule has 3 fully saturated rings. The van der Waals surface area contributed by atoms with Crippen molar-refractivity contribution in [1.29, 1.82) is 0 Å². The maximum atomic E-state index is 13.5. The number of carbonyl (C=O) groups is 3. The Morgan fingerprint density at radius 1 is 0.536 bits per heavy atom. The number of aliphatic hydroxyl groups is 11. The van der Waals surface area contributed by atoms with Crippen LogP contribution in [0.3, 0.4) is 0 Å². The Morgan fingerprint density at radius 2 is 0.969 bits per heavy atom. The van der Waals surface area contributed by atoms with Gasteiger partial charge in [0.2, 0.25) is 11.8 Å². The smallest absolute Gasteiger partial charge is 0.364 e. The average Bonchev–Trinajstić information content (AvgIpc) is 0.758. The molecule has 568 valence electrons. The van der Waals surface area contributed by atoms with E-state index < -0.39 is 155 Å². The van der Waals surface area contributed by atoms with E-state index in [0.717, 1.165) is 77.6 Å². The maximum Gasteiger partial charge on any atom is 0.364 e. The molecule has 23 nitrogen and oxygen atoms in total. The number of aliphatic carboxylic acids is 1. The van der Waals surface area contributed by atoms with E-state index in [1.807, 2.05) is 6.08 Å². The number of hydrogen-bond acceptors (Lipinski definition) is 20. The van der Waals surface area contributed by atoms with Gasteiger partial charge in [0, 0.05) is 19.8 Å². The molecular formula is C74H136N2O21. The summed E-state index contributed by atoms with van der Waals surface area (Å²) in [6, 6.07) is -2.62. The molecule has 0 bridgehead atoms. The Kier molecular flexibility index (Phi) is 49.2. The summed E-state index contributed by atoms with van der Waals surface area (Å²) in [6.45, 7) is 2.17. The van der Waals surface area contributed by atoms with Crippen LogP contribution in [0.2, 0.25) is 0 Å².